The van der Waals surface area contributed by atoms with Gasteiger partial charge in [0.05, 0.1) is 19.2 Å². The molecule has 4 nitrogen and oxygen atoms in total. The molecule has 1 aromatic rings. The van der Waals surface area contributed by atoms with Gasteiger partial charge in [-0.15, -0.1) is 0 Å². The van der Waals surface area contributed by atoms with Gasteiger partial charge >= 0.3 is 0 Å². The van der Waals surface area contributed by atoms with Gasteiger partial charge in [-0.2, -0.15) is 0 Å². The third kappa shape index (κ3) is 3.05. The Balaban J connectivity index is 2.96. The highest BCUT2D eigenvalue weighted by Crippen LogP contribution is 2.30. The van der Waals surface area contributed by atoms with Crippen LogP contribution >= 0.6 is 0 Å². The maximum Gasteiger partial charge on any atom is 0.257 e. The smallest absolute Gasteiger partial charge is 0.257 e. The quantitative estimate of drug-likeness (QED) is 0.879. The van der Waals surface area contributed by atoms with Crippen LogP contribution in [0.15, 0.2) is 18.2 Å². The van der Waals surface area contributed by atoms with Crippen LogP contribution in [0.25, 0.3) is 0 Å². The number of carbonyl (C=O) groups is 1. The van der Waals surface area contributed by atoms with E-state index in [-0.39, 0.29) is 17.1 Å². The summed E-state index contributed by atoms with van der Waals surface area (Å²) in [6.45, 7) is -0.685. The summed E-state index contributed by atoms with van der Waals surface area (Å²) in [7, 11) is 2.58. The van der Waals surface area contributed by atoms with Crippen molar-refractivity contribution in [3.63, 3.8) is 0 Å². The number of phenolic OH excluding ortho intramolecular Hbond substituents is 1. The molecule has 0 spiro atoms. The summed E-state index contributed by atoms with van der Waals surface area (Å²) >= 11 is 0. The topological polar surface area (TPSA) is 49.8 Å². The fourth-order valence-corrected chi connectivity index (χ4v) is 1.36. The van der Waals surface area contributed by atoms with Crippen LogP contribution in [-0.4, -0.2) is 43.0 Å². The highest BCUT2D eigenvalue weighted by atomic mass is 19.3. The van der Waals surface area contributed by atoms with Gasteiger partial charge in [-0.3, -0.25) is 4.79 Å². The standard InChI is InChI=1S/C11H13F2NO3/c1-14(6-9(12)13)11(16)7-4-3-5-8(17-2)10(7)15/h3-5,9,15H,6H2,1-2H3. The van der Waals surface area contributed by atoms with Crippen molar-refractivity contribution in [2.45, 2.75) is 6.43 Å². The molecule has 0 aromatic heterocycles. The molecule has 17 heavy (non-hydrogen) atoms. The van der Waals surface area contributed by atoms with Crippen molar-refractivity contribution in [1.82, 2.24) is 4.90 Å². The second kappa shape index (κ2) is 5.47. The second-order valence-electron chi connectivity index (χ2n) is 3.43. The Bertz CT molecular complexity index is 410. The predicted molar refractivity (Wildman–Crippen MR) is 57.6 cm³/mol. The molecule has 1 rings (SSSR count). The average Bonchev–Trinajstić information content (AvgIpc) is 2.27. The normalized spacial score (nSPS) is 10.4. The lowest BCUT2D eigenvalue weighted by molar-refractivity contribution is 0.0617. The summed E-state index contributed by atoms with van der Waals surface area (Å²) < 4.78 is 29.1. The zero-order valence-corrected chi connectivity index (χ0v) is 9.48. The number of amides is 1. The van der Waals surface area contributed by atoms with E-state index in [1.54, 1.807) is 0 Å². The lowest BCUT2D eigenvalue weighted by Gasteiger charge is -2.17. The number of aromatic hydroxyl groups is 1. The third-order valence-corrected chi connectivity index (χ3v) is 2.21. The summed E-state index contributed by atoms with van der Waals surface area (Å²) in [5, 5.41) is 9.68. The van der Waals surface area contributed by atoms with Gasteiger partial charge in [0.2, 0.25) is 0 Å². The molecule has 0 bridgehead atoms. The van der Waals surface area contributed by atoms with Gasteiger partial charge in [-0.1, -0.05) is 6.07 Å². The number of para-hydroxylation sites is 1. The van der Waals surface area contributed by atoms with Crippen LogP contribution in [0.3, 0.4) is 0 Å². The Labute approximate surface area is 97.4 Å². The fraction of sp³-hybridized carbons (Fsp3) is 0.364. The molecule has 1 aromatic carbocycles. The number of carbonyl (C=O) groups excluding carboxylic acids is 1. The van der Waals surface area contributed by atoms with Gasteiger partial charge < -0.3 is 14.7 Å². The van der Waals surface area contributed by atoms with Crippen LogP contribution in [0, 0.1) is 0 Å². The molecule has 1 N–H and O–H groups in total. The van der Waals surface area contributed by atoms with Gasteiger partial charge in [-0.05, 0) is 12.1 Å². The number of halogens is 2. The largest absolute Gasteiger partial charge is 0.504 e. The van der Waals surface area contributed by atoms with Crippen molar-refractivity contribution >= 4 is 5.91 Å². The summed E-state index contributed by atoms with van der Waals surface area (Å²) in [6.07, 6.45) is -2.61. The van der Waals surface area contributed by atoms with E-state index in [1.165, 1.54) is 32.4 Å². The highest BCUT2D eigenvalue weighted by molar-refractivity contribution is 5.97. The number of hydrogen-bond donors (Lipinski definition) is 1. The van der Waals surface area contributed by atoms with E-state index in [4.69, 9.17) is 4.74 Å². The zero-order chi connectivity index (χ0) is 13.0. The Morgan fingerprint density at radius 3 is 2.71 bits per heavy atom. The molecule has 0 fully saturated rings. The van der Waals surface area contributed by atoms with E-state index in [0.29, 0.717) is 0 Å². The predicted octanol–water partition coefficient (Wildman–Crippen LogP) is 1.74. The number of nitrogens with zero attached hydrogens (tertiary/aromatic N) is 1. The summed E-state index contributed by atoms with van der Waals surface area (Å²) in [5.41, 5.74) is -0.0625. The minimum atomic E-state index is -2.61. The minimum absolute atomic E-state index is 0.0625. The number of ether oxygens (including phenoxy) is 1. The fourth-order valence-electron chi connectivity index (χ4n) is 1.36. The van der Waals surface area contributed by atoms with E-state index in [9.17, 15) is 18.7 Å². The maximum absolute atomic E-state index is 12.1. The first kappa shape index (κ1) is 13.2. The molecule has 0 aliphatic carbocycles. The maximum atomic E-state index is 12.1. The molecule has 0 saturated heterocycles. The molecule has 0 atom stereocenters. The van der Waals surface area contributed by atoms with E-state index >= 15 is 0 Å². The van der Waals surface area contributed by atoms with Crippen LogP contribution in [0.2, 0.25) is 0 Å². The molecule has 0 aliphatic heterocycles. The summed E-state index contributed by atoms with van der Waals surface area (Å²) in [5.74, 6) is -0.899. The Morgan fingerprint density at radius 1 is 1.53 bits per heavy atom. The van der Waals surface area contributed by atoms with Crippen LogP contribution < -0.4 is 4.74 Å². The van der Waals surface area contributed by atoms with Crippen LogP contribution in [0.4, 0.5) is 8.78 Å². The average molecular weight is 245 g/mol. The summed E-state index contributed by atoms with van der Waals surface area (Å²) in [6, 6.07) is 4.32. The van der Waals surface area contributed by atoms with Crippen LogP contribution in [0.1, 0.15) is 10.4 Å². The lowest BCUT2D eigenvalue weighted by atomic mass is 10.1. The Kier molecular flexibility index (Phi) is 4.25. The molecular weight excluding hydrogens is 232 g/mol. The highest BCUT2D eigenvalue weighted by Gasteiger charge is 2.20. The molecule has 0 unspecified atom stereocenters. The number of methoxy groups -OCH3 is 1. The van der Waals surface area contributed by atoms with Crippen molar-refractivity contribution in [2.24, 2.45) is 0 Å². The van der Waals surface area contributed by atoms with Crippen molar-refractivity contribution < 1.29 is 23.4 Å². The number of phenols is 1. The third-order valence-electron chi connectivity index (χ3n) is 2.21. The van der Waals surface area contributed by atoms with Crippen LogP contribution in [-0.2, 0) is 0 Å². The Morgan fingerprint density at radius 2 is 2.18 bits per heavy atom. The van der Waals surface area contributed by atoms with E-state index in [1.807, 2.05) is 0 Å². The number of rotatable bonds is 4. The van der Waals surface area contributed by atoms with Crippen LogP contribution in [0.5, 0.6) is 11.5 Å². The van der Waals surface area contributed by atoms with Crippen molar-refractivity contribution in [3.05, 3.63) is 23.8 Å². The van der Waals surface area contributed by atoms with Gasteiger partial charge in [0.15, 0.2) is 11.5 Å². The molecule has 0 heterocycles. The number of hydrogen-bond acceptors (Lipinski definition) is 3. The Hall–Kier alpha value is -1.85. The number of alkyl halides is 2. The van der Waals surface area contributed by atoms with Gasteiger partial charge in [-0.25, -0.2) is 8.78 Å². The molecule has 0 saturated carbocycles. The lowest BCUT2D eigenvalue weighted by Crippen LogP contribution is -2.31. The molecule has 6 heteroatoms. The summed E-state index contributed by atoms with van der Waals surface area (Å²) in [4.78, 5) is 12.6. The van der Waals surface area contributed by atoms with Crippen molar-refractivity contribution in [2.75, 3.05) is 20.7 Å². The monoisotopic (exact) mass is 245 g/mol. The first-order valence-corrected chi connectivity index (χ1v) is 4.87. The molecule has 0 radical (unpaired) electrons. The first-order valence-electron chi connectivity index (χ1n) is 4.87. The van der Waals surface area contributed by atoms with E-state index in [0.717, 1.165) is 4.90 Å². The molecule has 94 valence electrons. The van der Waals surface area contributed by atoms with E-state index in [2.05, 4.69) is 0 Å². The van der Waals surface area contributed by atoms with Gasteiger partial charge in [0, 0.05) is 7.05 Å². The molecule has 1 amide bonds. The SMILES string of the molecule is COc1cccc(C(=O)N(C)CC(F)F)c1O. The van der Waals surface area contributed by atoms with Gasteiger partial charge in [0.1, 0.15) is 0 Å². The van der Waals surface area contributed by atoms with Gasteiger partial charge in [0.25, 0.3) is 12.3 Å². The van der Waals surface area contributed by atoms with E-state index < -0.39 is 18.9 Å². The zero-order valence-electron chi connectivity index (χ0n) is 9.48. The molecular formula is C11H13F2NO3. The second-order valence-corrected chi connectivity index (χ2v) is 3.43. The minimum Gasteiger partial charge on any atom is -0.504 e. The molecule has 0 aliphatic rings. The number of benzene rings is 1. The first-order chi connectivity index (χ1) is 7.97. The van der Waals surface area contributed by atoms with Crippen molar-refractivity contribution in [1.29, 1.82) is 0 Å². The van der Waals surface area contributed by atoms with Crippen molar-refractivity contribution in [3.8, 4) is 11.5 Å².